The maximum atomic E-state index is 6.40. The third-order valence-electron chi connectivity index (χ3n) is 4.60. The largest absolute Gasteiger partial charge is 0.487 e. The first-order valence-corrected chi connectivity index (χ1v) is 9.81. The van der Waals surface area contributed by atoms with Gasteiger partial charge in [0.05, 0.1) is 5.02 Å². The van der Waals surface area contributed by atoms with E-state index in [9.17, 15) is 0 Å². The number of hydrogen-bond acceptors (Lipinski definition) is 2. The van der Waals surface area contributed by atoms with Crippen LogP contribution in [-0.2, 0) is 19.6 Å². The van der Waals surface area contributed by atoms with Crippen LogP contribution >= 0.6 is 11.6 Å². The van der Waals surface area contributed by atoms with Gasteiger partial charge in [-0.15, -0.1) is 0 Å². The molecule has 3 heteroatoms. The molecule has 1 atom stereocenters. The van der Waals surface area contributed by atoms with Gasteiger partial charge in [-0.1, -0.05) is 78.3 Å². The van der Waals surface area contributed by atoms with Crippen molar-refractivity contribution in [3.8, 4) is 5.75 Å². The van der Waals surface area contributed by atoms with Crippen LogP contribution in [0.5, 0.6) is 5.75 Å². The molecule has 3 rings (SSSR count). The summed E-state index contributed by atoms with van der Waals surface area (Å²) in [4.78, 5) is 0. The summed E-state index contributed by atoms with van der Waals surface area (Å²) >= 11 is 6.40. The number of ether oxygens (including phenoxy) is 1. The normalized spacial score (nSPS) is 11.9. The van der Waals surface area contributed by atoms with Gasteiger partial charge in [-0.2, -0.15) is 0 Å². The van der Waals surface area contributed by atoms with Gasteiger partial charge in [0.2, 0.25) is 0 Å². The molecule has 27 heavy (non-hydrogen) atoms. The molecule has 0 bridgehead atoms. The van der Waals surface area contributed by atoms with E-state index < -0.39 is 0 Å². The van der Waals surface area contributed by atoms with E-state index in [0.717, 1.165) is 30.7 Å². The standard InChI is InChI=1S/C24H26ClNO/c1-19(12-13-20-8-4-2-5-9-20)26-17-22-14-15-24(23(25)16-22)27-18-21-10-6-3-7-11-21/h2-11,14-16,19,26H,12-13,17-18H2,1H3/t19-/m1/s1. The molecule has 140 valence electrons. The second kappa shape index (κ2) is 10.1. The van der Waals surface area contributed by atoms with Crippen molar-refractivity contribution in [3.05, 3.63) is 101 Å². The Morgan fingerprint density at radius 1 is 0.852 bits per heavy atom. The minimum atomic E-state index is 0.443. The van der Waals surface area contributed by atoms with Crippen molar-refractivity contribution in [2.24, 2.45) is 0 Å². The topological polar surface area (TPSA) is 21.3 Å². The summed E-state index contributed by atoms with van der Waals surface area (Å²) in [6.45, 7) is 3.55. The van der Waals surface area contributed by atoms with Gasteiger partial charge in [0.1, 0.15) is 12.4 Å². The summed E-state index contributed by atoms with van der Waals surface area (Å²) < 4.78 is 5.84. The fourth-order valence-electron chi connectivity index (χ4n) is 2.93. The third kappa shape index (κ3) is 6.42. The fraction of sp³-hybridized carbons (Fsp3) is 0.250. The summed E-state index contributed by atoms with van der Waals surface area (Å²) in [6.07, 6.45) is 2.19. The highest BCUT2D eigenvalue weighted by atomic mass is 35.5. The molecule has 0 aliphatic rings. The lowest BCUT2D eigenvalue weighted by Crippen LogP contribution is -2.25. The van der Waals surface area contributed by atoms with E-state index in [1.54, 1.807) is 0 Å². The molecule has 0 aliphatic heterocycles. The highest BCUT2D eigenvalue weighted by Gasteiger charge is 2.06. The molecular formula is C24H26ClNO. The van der Waals surface area contributed by atoms with E-state index in [0.29, 0.717) is 17.7 Å². The van der Waals surface area contributed by atoms with Crippen LogP contribution < -0.4 is 10.1 Å². The van der Waals surface area contributed by atoms with Gasteiger partial charge in [-0.05, 0) is 48.6 Å². The fourth-order valence-corrected chi connectivity index (χ4v) is 3.19. The van der Waals surface area contributed by atoms with Gasteiger partial charge in [0, 0.05) is 12.6 Å². The van der Waals surface area contributed by atoms with Crippen molar-refractivity contribution >= 4 is 11.6 Å². The number of benzene rings is 3. The predicted octanol–water partition coefficient (Wildman–Crippen LogP) is 6.03. The van der Waals surface area contributed by atoms with Crippen molar-refractivity contribution in [2.75, 3.05) is 0 Å². The van der Waals surface area contributed by atoms with Crippen LogP contribution in [0.15, 0.2) is 78.9 Å². The maximum absolute atomic E-state index is 6.40. The number of rotatable bonds is 9. The first-order valence-electron chi connectivity index (χ1n) is 9.43. The molecule has 2 nitrogen and oxygen atoms in total. The van der Waals surface area contributed by atoms with Crippen molar-refractivity contribution in [1.82, 2.24) is 5.32 Å². The predicted molar refractivity (Wildman–Crippen MR) is 113 cm³/mol. The zero-order valence-electron chi connectivity index (χ0n) is 15.7. The van der Waals surface area contributed by atoms with E-state index in [-0.39, 0.29) is 0 Å². The van der Waals surface area contributed by atoms with Crippen LogP contribution in [0, 0.1) is 0 Å². The van der Waals surface area contributed by atoms with Crippen LogP contribution in [0.4, 0.5) is 0 Å². The molecule has 3 aromatic carbocycles. The van der Waals surface area contributed by atoms with Gasteiger partial charge < -0.3 is 10.1 Å². The molecule has 0 aliphatic carbocycles. The van der Waals surface area contributed by atoms with E-state index in [4.69, 9.17) is 16.3 Å². The van der Waals surface area contributed by atoms with Crippen molar-refractivity contribution < 1.29 is 4.74 Å². The van der Waals surface area contributed by atoms with E-state index in [1.807, 2.05) is 42.5 Å². The van der Waals surface area contributed by atoms with Gasteiger partial charge >= 0.3 is 0 Å². The first kappa shape index (κ1) is 19.5. The van der Waals surface area contributed by atoms with E-state index >= 15 is 0 Å². The van der Waals surface area contributed by atoms with Gasteiger partial charge in [0.15, 0.2) is 0 Å². The summed E-state index contributed by atoms with van der Waals surface area (Å²) in [7, 11) is 0. The van der Waals surface area contributed by atoms with Crippen LogP contribution in [0.1, 0.15) is 30.0 Å². The Morgan fingerprint density at radius 2 is 1.52 bits per heavy atom. The average Bonchev–Trinajstić information content (AvgIpc) is 2.71. The zero-order chi connectivity index (χ0) is 18.9. The van der Waals surface area contributed by atoms with Crippen LogP contribution in [0.3, 0.4) is 0 Å². The molecule has 0 aromatic heterocycles. The van der Waals surface area contributed by atoms with Crippen molar-refractivity contribution in [3.63, 3.8) is 0 Å². The number of halogens is 1. The minimum absolute atomic E-state index is 0.443. The number of nitrogens with one attached hydrogen (secondary N) is 1. The average molecular weight is 380 g/mol. The molecular weight excluding hydrogens is 354 g/mol. The molecule has 0 saturated carbocycles. The lowest BCUT2D eigenvalue weighted by atomic mass is 10.1. The van der Waals surface area contributed by atoms with Gasteiger partial charge in [-0.3, -0.25) is 0 Å². The first-order chi connectivity index (χ1) is 13.2. The Balaban J connectivity index is 1.45. The summed E-state index contributed by atoms with van der Waals surface area (Å²) in [5, 5.41) is 4.23. The van der Waals surface area contributed by atoms with Crippen LogP contribution in [0.25, 0.3) is 0 Å². The number of hydrogen-bond donors (Lipinski definition) is 1. The zero-order valence-corrected chi connectivity index (χ0v) is 16.5. The monoisotopic (exact) mass is 379 g/mol. The Hall–Kier alpha value is -2.29. The SMILES string of the molecule is C[C@H](CCc1ccccc1)NCc1ccc(OCc2ccccc2)c(Cl)c1. The van der Waals surface area contributed by atoms with Crippen molar-refractivity contribution in [2.45, 2.75) is 39.0 Å². The summed E-state index contributed by atoms with van der Waals surface area (Å²) in [6, 6.07) is 27.2. The van der Waals surface area contributed by atoms with Crippen LogP contribution in [0.2, 0.25) is 5.02 Å². The number of aryl methyl sites for hydroxylation is 1. The van der Waals surface area contributed by atoms with Gasteiger partial charge in [-0.25, -0.2) is 0 Å². The highest BCUT2D eigenvalue weighted by molar-refractivity contribution is 6.32. The molecule has 0 fully saturated rings. The Kier molecular flexibility index (Phi) is 7.32. The van der Waals surface area contributed by atoms with Gasteiger partial charge in [0.25, 0.3) is 0 Å². The molecule has 0 unspecified atom stereocenters. The highest BCUT2D eigenvalue weighted by Crippen LogP contribution is 2.26. The van der Waals surface area contributed by atoms with Crippen LogP contribution in [-0.4, -0.2) is 6.04 Å². The Labute approximate surface area is 167 Å². The molecule has 0 amide bonds. The lowest BCUT2D eigenvalue weighted by molar-refractivity contribution is 0.306. The van der Waals surface area contributed by atoms with E-state index in [1.165, 1.54) is 11.1 Å². The summed E-state index contributed by atoms with van der Waals surface area (Å²) in [5.41, 5.74) is 3.68. The Bertz CT molecular complexity index is 820. The molecule has 0 heterocycles. The molecule has 0 radical (unpaired) electrons. The second-order valence-electron chi connectivity index (χ2n) is 6.85. The lowest BCUT2D eigenvalue weighted by Gasteiger charge is -2.15. The smallest absolute Gasteiger partial charge is 0.138 e. The quantitative estimate of drug-likeness (QED) is 0.490. The second-order valence-corrected chi connectivity index (χ2v) is 7.25. The van der Waals surface area contributed by atoms with Crippen molar-refractivity contribution in [1.29, 1.82) is 0 Å². The Morgan fingerprint density at radius 3 is 2.19 bits per heavy atom. The summed E-state index contributed by atoms with van der Waals surface area (Å²) in [5.74, 6) is 0.724. The minimum Gasteiger partial charge on any atom is -0.487 e. The third-order valence-corrected chi connectivity index (χ3v) is 4.89. The molecule has 0 spiro atoms. The molecule has 0 saturated heterocycles. The molecule has 3 aromatic rings. The maximum Gasteiger partial charge on any atom is 0.138 e. The van der Waals surface area contributed by atoms with E-state index in [2.05, 4.69) is 48.6 Å². The molecule has 1 N–H and O–H groups in total.